The maximum absolute atomic E-state index is 12.1. The van der Waals surface area contributed by atoms with E-state index >= 15 is 0 Å². The maximum atomic E-state index is 12.1. The highest BCUT2D eigenvalue weighted by atomic mass is 16.3. The van der Waals surface area contributed by atoms with E-state index in [1.807, 2.05) is 0 Å². The number of aryl methyl sites for hydroxylation is 1. The Morgan fingerprint density at radius 2 is 2.35 bits per heavy atom. The smallest absolute Gasteiger partial charge is 0.274 e. The van der Waals surface area contributed by atoms with Crippen LogP contribution in [0.1, 0.15) is 23.3 Å². The van der Waals surface area contributed by atoms with Crippen molar-refractivity contribution >= 4 is 5.91 Å². The second-order valence-electron chi connectivity index (χ2n) is 4.16. The van der Waals surface area contributed by atoms with Crippen LogP contribution in [0.5, 0.6) is 0 Å². The Morgan fingerprint density at radius 3 is 3.00 bits per heavy atom. The van der Waals surface area contributed by atoms with Crippen LogP contribution in [0.2, 0.25) is 0 Å². The minimum atomic E-state index is -0.248. The van der Waals surface area contributed by atoms with Crippen molar-refractivity contribution in [1.29, 1.82) is 0 Å². The van der Waals surface area contributed by atoms with Crippen LogP contribution >= 0.6 is 0 Å². The lowest BCUT2D eigenvalue weighted by Crippen LogP contribution is -2.38. The molecule has 2 rings (SSSR count). The van der Waals surface area contributed by atoms with Crippen LogP contribution in [0.15, 0.2) is 16.9 Å². The van der Waals surface area contributed by atoms with Gasteiger partial charge in [0.2, 0.25) is 0 Å². The highest BCUT2D eigenvalue weighted by Gasteiger charge is 2.29. The molecule has 1 aliphatic heterocycles. The first-order valence-corrected chi connectivity index (χ1v) is 5.59. The minimum absolute atomic E-state index is 0.0303. The Balaban J connectivity index is 2.24. The van der Waals surface area contributed by atoms with Gasteiger partial charge in [-0.3, -0.25) is 9.59 Å². The third kappa shape index (κ3) is 2.21. The molecule has 6 heteroatoms. The fraction of sp³-hybridized carbons (Fsp3) is 0.545. The molecule has 0 saturated carbocycles. The van der Waals surface area contributed by atoms with Crippen molar-refractivity contribution in [3.63, 3.8) is 0 Å². The molecule has 1 fully saturated rings. The first kappa shape index (κ1) is 11.8. The number of amides is 1. The van der Waals surface area contributed by atoms with Crippen LogP contribution in [0.4, 0.5) is 0 Å². The maximum Gasteiger partial charge on any atom is 0.274 e. The molecule has 6 nitrogen and oxygen atoms in total. The van der Waals surface area contributed by atoms with Crippen molar-refractivity contribution in [2.75, 3.05) is 13.2 Å². The lowest BCUT2D eigenvalue weighted by Gasteiger charge is -2.22. The normalized spacial score (nSPS) is 19.6. The average molecular weight is 237 g/mol. The lowest BCUT2D eigenvalue weighted by molar-refractivity contribution is 0.0669. The number of aliphatic hydroxyl groups is 1. The molecular formula is C11H15N3O3. The summed E-state index contributed by atoms with van der Waals surface area (Å²) in [5.41, 5.74) is -0.00544. The van der Waals surface area contributed by atoms with Gasteiger partial charge in [0.25, 0.3) is 11.5 Å². The summed E-state index contributed by atoms with van der Waals surface area (Å²) in [4.78, 5) is 24.9. The van der Waals surface area contributed by atoms with E-state index in [1.54, 1.807) is 4.90 Å². The molecule has 1 saturated heterocycles. The van der Waals surface area contributed by atoms with E-state index in [4.69, 9.17) is 5.11 Å². The highest BCUT2D eigenvalue weighted by molar-refractivity contribution is 5.92. The second kappa shape index (κ2) is 4.67. The lowest BCUT2D eigenvalue weighted by atomic mass is 10.2. The number of rotatable bonds is 2. The van der Waals surface area contributed by atoms with Crippen molar-refractivity contribution < 1.29 is 9.90 Å². The van der Waals surface area contributed by atoms with E-state index in [0.717, 1.165) is 17.5 Å². The van der Waals surface area contributed by atoms with Crippen molar-refractivity contribution in [2.24, 2.45) is 7.05 Å². The summed E-state index contributed by atoms with van der Waals surface area (Å²) >= 11 is 0. The molecule has 0 aliphatic carbocycles. The summed E-state index contributed by atoms with van der Waals surface area (Å²) in [7, 11) is 1.51. The zero-order chi connectivity index (χ0) is 12.4. The van der Waals surface area contributed by atoms with Gasteiger partial charge in [-0.25, -0.2) is 4.68 Å². The van der Waals surface area contributed by atoms with E-state index < -0.39 is 0 Å². The van der Waals surface area contributed by atoms with Crippen LogP contribution < -0.4 is 5.56 Å². The topological polar surface area (TPSA) is 75.4 Å². The predicted octanol–water partition coefficient (Wildman–Crippen LogP) is -0.623. The molecule has 1 N–H and O–H groups in total. The van der Waals surface area contributed by atoms with Gasteiger partial charge in [0.05, 0.1) is 12.6 Å². The Morgan fingerprint density at radius 1 is 1.59 bits per heavy atom. The fourth-order valence-corrected chi connectivity index (χ4v) is 2.06. The Bertz CT molecular complexity index is 483. The van der Waals surface area contributed by atoms with E-state index in [0.29, 0.717) is 6.54 Å². The van der Waals surface area contributed by atoms with Gasteiger partial charge in [-0.15, -0.1) is 0 Å². The zero-order valence-electron chi connectivity index (χ0n) is 9.67. The van der Waals surface area contributed by atoms with Crippen LogP contribution in [0, 0.1) is 0 Å². The molecule has 0 aromatic carbocycles. The molecule has 1 aliphatic rings. The second-order valence-corrected chi connectivity index (χ2v) is 4.16. The number of likely N-dealkylation sites (tertiary alicyclic amines) is 1. The Hall–Kier alpha value is -1.69. The van der Waals surface area contributed by atoms with Gasteiger partial charge >= 0.3 is 0 Å². The predicted molar refractivity (Wildman–Crippen MR) is 60.6 cm³/mol. The molecule has 1 atom stereocenters. The molecule has 1 amide bonds. The molecule has 1 aromatic rings. The monoisotopic (exact) mass is 237 g/mol. The fourth-order valence-electron chi connectivity index (χ4n) is 2.06. The SMILES string of the molecule is Cn1nc(C(=O)N2CCC[C@H]2CO)ccc1=O. The summed E-state index contributed by atoms with van der Waals surface area (Å²) in [6, 6.07) is 2.63. The Kier molecular flexibility index (Phi) is 3.23. The number of aromatic nitrogens is 2. The van der Waals surface area contributed by atoms with Gasteiger partial charge in [-0.2, -0.15) is 5.10 Å². The average Bonchev–Trinajstić information content (AvgIpc) is 2.80. The van der Waals surface area contributed by atoms with Crippen LogP contribution in [-0.2, 0) is 7.05 Å². The summed E-state index contributed by atoms with van der Waals surface area (Å²) in [6.07, 6.45) is 1.71. The van der Waals surface area contributed by atoms with E-state index in [1.165, 1.54) is 19.2 Å². The largest absolute Gasteiger partial charge is 0.394 e. The van der Waals surface area contributed by atoms with Gasteiger partial charge in [0, 0.05) is 19.7 Å². The Labute approximate surface area is 98.5 Å². The van der Waals surface area contributed by atoms with Crippen molar-refractivity contribution in [1.82, 2.24) is 14.7 Å². The molecule has 1 aromatic heterocycles. The number of nitrogens with zero attached hydrogens (tertiary/aromatic N) is 3. The van der Waals surface area contributed by atoms with Crippen molar-refractivity contribution in [3.8, 4) is 0 Å². The number of hydrogen-bond donors (Lipinski definition) is 1. The third-order valence-corrected chi connectivity index (χ3v) is 3.03. The highest BCUT2D eigenvalue weighted by Crippen LogP contribution is 2.18. The summed E-state index contributed by atoms with van der Waals surface area (Å²) in [5.74, 6) is -0.225. The van der Waals surface area contributed by atoms with Gasteiger partial charge in [-0.1, -0.05) is 0 Å². The van der Waals surface area contributed by atoms with Gasteiger partial charge in [0.15, 0.2) is 0 Å². The molecule has 92 valence electrons. The zero-order valence-corrected chi connectivity index (χ0v) is 9.67. The third-order valence-electron chi connectivity index (χ3n) is 3.03. The molecule has 0 radical (unpaired) electrons. The first-order valence-electron chi connectivity index (χ1n) is 5.59. The van der Waals surface area contributed by atoms with E-state index in [2.05, 4.69) is 5.10 Å². The van der Waals surface area contributed by atoms with Crippen molar-refractivity contribution in [3.05, 3.63) is 28.2 Å². The van der Waals surface area contributed by atoms with Gasteiger partial charge in [0.1, 0.15) is 5.69 Å². The van der Waals surface area contributed by atoms with Crippen LogP contribution in [-0.4, -0.2) is 44.9 Å². The molecule has 0 bridgehead atoms. The molecule has 17 heavy (non-hydrogen) atoms. The summed E-state index contributed by atoms with van der Waals surface area (Å²) in [5, 5.41) is 13.1. The van der Waals surface area contributed by atoms with Gasteiger partial charge in [-0.05, 0) is 18.9 Å². The van der Waals surface area contributed by atoms with E-state index in [9.17, 15) is 9.59 Å². The first-order chi connectivity index (χ1) is 8.13. The quantitative estimate of drug-likeness (QED) is 0.743. The molecular weight excluding hydrogens is 222 g/mol. The van der Waals surface area contributed by atoms with Gasteiger partial charge < -0.3 is 10.0 Å². The molecule has 0 spiro atoms. The van der Waals surface area contributed by atoms with Crippen molar-refractivity contribution in [2.45, 2.75) is 18.9 Å². The standard InChI is InChI=1S/C11H15N3O3/c1-13-10(16)5-4-9(12-13)11(17)14-6-2-3-8(14)7-15/h4-5,8,15H,2-3,6-7H2,1H3/t8-/m0/s1. The summed E-state index contributed by atoms with van der Waals surface area (Å²) < 4.78 is 1.14. The van der Waals surface area contributed by atoms with Crippen LogP contribution in [0.25, 0.3) is 0 Å². The number of carbonyl (C=O) groups is 1. The van der Waals surface area contributed by atoms with Crippen LogP contribution in [0.3, 0.4) is 0 Å². The molecule has 2 heterocycles. The summed E-state index contributed by atoms with van der Waals surface area (Å²) in [6.45, 7) is 0.603. The van der Waals surface area contributed by atoms with E-state index in [-0.39, 0.29) is 29.8 Å². The number of carbonyl (C=O) groups excluding carboxylic acids is 1. The minimum Gasteiger partial charge on any atom is -0.394 e. The number of hydrogen-bond acceptors (Lipinski definition) is 4. The molecule has 0 unspecified atom stereocenters. The number of aliphatic hydroxyl groups excluding tert-OH is 1.